The molecule has 1 aliphatic carbocycles. The number of nitrogens with one attached hydrogen (secondary N) is 2. The normalized spacial score (nSPS) is 21.9. The van der Waals surface area contributed by atoms with E-state index in [4.69, 9.17) is 0 Å². The Labute approximate surface area is 145 Å². The van der Waals surface area contributed by atoms with Gasteiger partial charge in [-0.25, -0.2) is 17.5 Å². The fourth-order valence-corrected chi connectivity index (χ4v) is 4.09. The van der Waals surface area contributed by atoms with Crippen LogP contribution in [-0.4, -0.2) is 26.3 Å². The summed E-state index contributed by atoms with van der Waals surface area (Å²) in [5.41, 5.74) is 2.81. The Morgan fingerprint density at radius 2 is 1.88 bits per heavy atom. The summed E-state index contributed by atoms with van der Waals surface area (Å²) in [6.45, 7) is 5.83. The van der Waals surface area contributed by atoms with Gasteiger partial charge in [-0.3, -0.25) is 0 Å². The Morgan fingerprint density at radius 3 is 2.42 bits per heavy atom. The van der Waals surface area contributed by atoms with Crippen molar-refractivity contribution in [3.8, 4) is 0 Å². The third kappa shape index (κ3) is 5.18. The maximum Gasteiger partial charge on any atom is 0.214 e. The van der Waals surface area contributed by atoms with Crippen LogP contribution >= 0.6 is 0 Å². The predicted octanol–water partition coefficient (Wildman–Crippen LogP) is 3.76. The van der Waals surface area contributed by atoms with Gasteiger partial charge in [-0.1, -0.05) is 12.1 Å². The fourth-order valence-electron chi connectivity index (χ4n) is 3.11. The first kappa shape index (κ1) is 19.2. The van der Waals surface area contributed by atoms with E-state index in [9.17, 15) is 12.8 Å². The first-order valence-corrected chi connectivity index (χ1v) is 10.3. The molecule has 0 radical (unpaired) electrons. The zero-order valence-electron chi connectivity index (χ0n) is 14.8. The smallest absolute Gasteiger partial charge is 0.214 e. The fraction of sp³-hybridized carbons (Fsp3) is 0.667. The third-order valence-electron chi connectivity index (χ3n) is 4.82. The monoisotopic (exact) mass is 356 g/mol. The van der Waals surface area contributed by atoms with E-state index in [2.05, 4.69) is 10.0 Å². The van der Waals surface area contributed by atoms with Crippen molar-refractivity contribution in [1.29, 1.82) is 0 Å². The molecule has 0 bridgehead atoms. The van der Waals surface area contributed by atoms with Gasteiger partial charge in [0.1, 0.15) is 6.67 Å². The molecule has 1 aromatic carbocycles. The number of benzene rings is 1. The Hall–Kier alpha value is -1.14. The molecule has 1 aromatic rings. The van der Waals surface area contributed by atoms with Crippen LogP contribution in [0.5, 0.6) is 0 Å². The lowest BCUT2D eigenvalue weighted by Gasteiger charge is -2.30. The third-order valence-corrected chi connectivity index (χ3v) is 6.73. The van der Waals surface area contributed by atoms with Crippen LogP contribution in [-0.2, 0) is 16.7 Å². The molecule has 2 rings (SSSR count). The molecule has 0 spiro atoms. The molecule has 1 fully saturated rings. The van der Waals surface area contributed by atoms with Gasteiger partial charge in [-0.15, -0.1) is 0 Å². The van der Waals surface area contributed by atoms with Crippen molar-refractivity contribution in [3.63, 3.8) is 0 Å². The number of alkyl halides is 1. The summed E-state index contributed by atoms with van der Waals surface area (Å²) >= 11 is 0. The van der Waals surface area contributed by atoms with Crippen molar-refractivity contribution in [2.24, 2.45) is 5.92 Å². The zero-order valence-corrected chi connectivity index (χ0v) is 15.6. The van der Waals surface area contributed by atoms with E-state index in [0.717, 1.165) is 43.5 Å². The Morgan fingerprint density at radius 1 is 1.21 bits per heavy atom. The largest absolute Gasteiger partial charge is 0.385 e. The number of sulfonamides is 1. The summed E-state index contributed by atoms with van der Waals surface area (Å²) in [5.74, 6) is 0.546. The average Bonchev–Trinajstić information content (AvgIpc) is 2.54. The van der Waals surface area contributed by atoms with Gasteiger partial charge in [0.15, 0.2) is 0 Å². The lowest BCUT2D eigenvalue weighted by atomic mass is 9.86. The minimum Gasteiger partial charge on any atom is -0.385 e. The quantitative estimate of drug-likeness (QED) is 0.782. The number of hydrogen-bond donors (Lipinski definition) is 2. The lowest BCUT2D eigenvalue weighted by molar-refractivity contribution is 0.323. The molecule has 0 aromatic heterocycles. The summed E-state index contributed by atoms with van der Waals surface area (Å²) in [6.07, 6.45) is 3.80. The van der Waals surface area contributed by atoms with E-state index in [0.29, 0.717) is 11.5 Å². The van der Waals surface area contributed by atoms with Gasteiger partial charge >= 0.3 is 0 Å². The molecule has 136 valence electrons. The molecule has 0 amide bonds. The predicted molar refractivity (Wildman–Crippen MR) is 97.4 cm³/mol. The topological polar surface area (TPSA) is 58.2 Å². The molecule has 0 saturated heterocycles. The van der Waals surface area contributed by atoms with Crippen molar-refractivity contribution in [2.45, 2.75) is 64.4 Å². The van der Waals surface area contributed by atoms with Crippen LogP contribution in [0.1, 0.15) is 50.7 Å². The van der Waals surface area contributed by atoms with Crippen LogP contribution in [0.25, 0.3) is 0 Å². The van der Waals surface area contributed by atoms with Crippen molar-refractivity contribution < 1.29 is 12.8 Å². The molecular formula is C18H29FN2O2S. The minimum atomic E-state index is -3.18. The number of halogens is 1. The molecule has 6 heteroatoms. The van der Waals surface area contributed by atoms with Gasteiger partial charge in [0.25, 0.3) is 0 Å². The van der Waals surface area contributed by atoms with Crippen LogP contribution in [0.2, 0.25) is 0 Å². The van der Waals surface area contributed by atoms with E-state index < -0.39 is 16.7 Å². The Kier molecular flexibility index (Phi) is 6.63. The number of aryl methyl sites for hydroxylation is 1. The molecule has 0 unspecified atom stereocenters. The van der Waals surface area contributed by atoms with E-state index >= 15 is 0 Å². The lowest BCUT2D eigenvalue weighted by Crippen LogP contribution is -2.41. The van der Waals surface area contributed by atoms with E-state index in [1.165, 1.54) is 0 Å². The summed E-state index contributed by atoms with van der Waals surface area (Å²) in [4.78, 5) is 0. The van der Waals surface area contributed by atoms with Gasteiger partial charge < -0.3 is 5.32 Å². The number of hydrogen-bond acceptors (Lipinski definition) is 3. The summed E-state index contributed by atoms with van der Waals surface area (Å²) < 4.78 is 39.3. The first-order chi connectivity index (χ1) is 11.3. The molecule has 24 heavy (non-hydrogen) atoms. The zero-order chi connectivity index (χ0) is 17.7. The van der Waals surface area contributed by atoms with Crippen molar-refractivity contribution in [2.75, 3.05) is 11.9 Å². The Balaban J connectivity index is 1.79. The number of anilines is 1. The highest BCUT2D eigenvalue weighted by Crippen LogP contribution is 2.26. The average molecular weight is 357 g/mol. The second kappa shape index (κ2) is 8.30. The second-order valence-electron chi connectivity index (χ2n) is 7.09. The summed E-state index contributed by atoms with van der Waals surface area (Å²) in [5, 5.41) is 3.07. The van der Waals surface area contributed by atoms with Crippen molar-refractivity contribution in [3.05, 3.63) is 29.3 Å². The molecule has 0 atom stereocenters. The molecule has 1 saturated carbocycles. The highest BCUT2D eigenvalue weighted by molar-refractivity contribution is 7.90. The van der Waals surface area contributed by atoms with Gasteiger partial charge in [-0.2, -0.15) is 0 Å². The van der Waals surface area contributed by atoms with Crippen LogP contribution in [0.3, 0.4) is 0 Å². The first-order valence-electron chi connectivity index (χ1n) is 8.72. The van der Waals surface area contributed by atoms with Crippen molar-refractivity contribution >= 4 is 15.7 Å². The summed E-state index contributed by atoms with van der Waals surface area (Å²) in [7, 11) is -3.18. The molecule has 1 aliphatic rings. The van der Waals surface area contributed by atoms with E-state index in [1.807, 2.05) is 25.1 Å². The Bertz CT molecular complexity index is 638. The molecule has 4 nitrogen and oxygen atoms in total. The SMILES string of the molecule is Cc1cc(CF)ccc1NCC1CCC(NS(=O)(=O)C(C)C)CC1. The van der Waals surface area contributed by atoms with Gasteiger partial charge in [0, 0.05) is 18.3 Å². The van der Waals surface area contributed by atoms with Crippen molar-refractivity contribution in [1.82, 2.24) is 4.72 Å². The van der Waals surface area contributed by atoms with Gasteiger partial charge in [0.05, 0.1) is 5.25 Å². The van der Waals surface area contributed by atoms with Gasteiger partial charge in [0.2, 0.25) is 10.0 Å². The van der Waals surface area contributed by atoms with Gasteiger partial charge in [-0.05, 0) is 69.6 Å². The van der Waals surface area contributed by atoms with E-state index in [-0.39, 0.29) is 11.3 Å². The second-order valence-corrected chi connectivity index (χ2v) is 9.36. The molecule has 0 heterocycles. The van der Waals surface area contributed by atoms with Crippen LogP contribution in [0, 0.1) is 12.8 Å². The highest BCUT2D eigenvalue weighted by atomic mass is 32.2. The number of rotatable bonds is 7. The maximum atomic E-state index is 12.6. The van der Waals surface area contributed by atoms with Crippen LogP contribution in [0.15, 0.2) is 18.2 Å². The van der Waals surface area contributed by atoms with E-state index in [1.54, 1.807) is 13.8 Å². The molecule has 2 N–H and O–H groups in total. The van der Waals surface area contributed by atoms with Crippen LogP contribution in [0.4, 0.5) is 10.1 Å². The minimum absolute atomic E-state index is 0.0687. The highest BCUT2D eigenvalue weighted by Gasteiger charge is 2.26. The standard InChI is InChI=1S/C18H29FN2O2S/c1-13(2)24(22,23)21-17-7-4-15(5-8-17)12-20-18-9-6-16(11-19)10-14(18)3/h6,9-10,13,15,17,20-21H,4-5,7-8,11-12H2,1-3H3. The molecule has 0 aliphatic heterocycles. The maximum absolute atomic E-state index is 12.6. The molecular weight excluding hydrogens is 327 g/mol. The summed E-state index contributed by atoms with van der Waals surface area (Å²) in [6, 6.07) is 5.69. The van der Waals surface area contributed by atoms with Crippen LogP contribution < -0.4 is 10.0 Å².